The minimum atomic E-state index is -0.745. The summed E-state index contributed by atoms with van der Waals surface area (Å²) in [4.78, 5) is 44.5. The van der Waals surface area contributed by atoms with Gasteiger partial charge >= 0.3 is 12.0 Å². The highest BCUT2D eigenvalue weighted by Gasteiger charge is 2.39. The number of esters is 1. The second-order valence-corrected chi connectivity index (χ2v) is 9.73. The quantitative estimate of drug-likeness (QED) is 0.418. The number of carbonyl (C=O) groups is 3. The van der Waals surface area contributed by atoms with Crippen LogP contribution in [0.5, 0.6) is 0 Å². The first-order valence-corrected chi connectivity index (χ1v) is 12.6. The molecule has 2 fully saturated rings. The maximum absolute atomic E-state index is 13.3. The molecule has 2 heterocycles. The number of rotatable bonds is 8. The maximum atomic E-state index is 13.3. The molecule has 1 N–H and O–H groups in total. The highest BCUT2D eigenvalue weighted by molar-refractivity contribution is 6.42. The van der Waals surface area contributed by atoms with Crippen molar-refractivity contribution in [3.63, 3.8) is 0 Å². The van der Waals surface area contributed by atoms with E-state index in [0.717, 1.165) is 12.8 Å². The highest BCUT2D eigenvalue weighted by atomic mass is 35.5. The van der Waals surface area contributed by atoms with Gasteiger partial charge in [0.25, 0.3) is 0 Å². The molecule has 0 radical (unpaired) electrons. The van der Waals surface area contributed by atoms with E-state index in [-0.39, 0.29) is 31.0 Å². The summed E-state index contributed by atoms with van der Waals surface area (Å²) in [6.07, 6.45) is 3.58. The summed E-state index contributed by atoms with van der Waals surface area (Å²) in [5.41, 5.74) is 1.54. The Hall–Kier alpha value is -2.55. The van der Waals surface area contributed by atoms with Gasteiger partial charge in [-0.2, -0.15) is 0 Å². The molecule has 10 heteroatoms. The van der Waals surface area contributed by atoms with Gasteiger partial charge in [-0.1, -0.05) is 35.3 Å². The van der Waals surface area contributed by atoms with E-state index in [1.165, 1.54) is 4.90 Å². The number of hydrogen-bond acceptors (Lipinski definition) is 5. The molecule has 1 aromatic rings. The van der Waals surface area contributed by atoms with Crippen LogP contribution in [0.4, 0.5) is 4.79 Å². The van der Waals surface area contributed by atoms with E-state index >= 15 is 0 Å². The molecule has 1 atom stereocenters. The Morgan fingerprint density at radius 3 is 2.49 bits per heavy atom. The number of piperazine rings is 1. The van der Waals surface area contributed by atoms with Crippen molar-refractivity contribution in [3.8, 4) is 0 Å². The van der Waals surface area contributed by atoms with Crippen LogP contribution >= 0.6 is 23.2 Å². The Labute approximate surface area is 215 Å². The average Bonchev–Trinajstić information content (AvgIpc) is 3.68. The first-order chi connectivity index (χ1) is 16.8. The van der Waals surface area contributed by atoms with Crippen molar-refractivity contribution in [1.29, 1.82) is 0 Å². The number of urea groups is 1. The van der Waals surface area contributed by atoms with Crippen LogP contribution in [0.3, 0.4) is 0 Å². The fraction of sp³-hybridized carbons (Fsp3) is 0.480. The molecule has 4 rings (SSSR count). The lowest BCUT2D eigenvalue weighted by Crippen LogP contribution is -2.54. The number of carbonyl (C=O) groups excluding carboxylic acids is 3. The third kappa shape index (κ3) is 5.66. The highest BCUT2D eigenvalue weighted by Crippen LogP contribution is 2.35. The van der Waals surface area contributed by atoms with Gasteiger partial charge in [0, 0.05) is 50.9 Å². The van der Waals surface area contributed by atoms with Gasteiger partial charge in [-0.15, -0.1) is 6.58 Å². The predicted octanol–water partition coefficient (Wildman–Crippen LogP) is 3.62. The molecular formula is C25H30Cl2N4O4. The van der Waals surface area contributed by atoms with Crippen LogP contribution in [-0.2, 0) is 14.3 Å². The van der Waals surface area contributed by atoms with E-state index in [1.54, 1.807) is 31.2 Å². The van der Waals surface area contributed by atoms with E-state index < -0.39 is 12.0 Å². The van der Waals surface area contributed by atoms with E-state index in [2.05, 4.69) is 16.8 Å². The monoisotopic (exact) mass is 520 g/mol. The summed E-state index contributed by atoms with van der Waals surface area (Å²) in [7, 11) is 0. The van der Waals surface area contributed by atoms with Crippen LogP contribution in [-0.4, -0.2) is 78.5 Å². The molecule has 1 saturated heterocycles. The fourth-order valence-electron chi connectivity index (χ4n) is 4.51. The number of nitrogens with one attached hydrogen (secondary N) is 1. The Morgan fingerprint density at radius 1 is 1.17 bits per heavy atom. The summed E-state index contributed by atoms with van der Waals surface area (Å²) in [5.74, 6) is -0.0759. The molecule has 3 aliphatic rings. The molecule has 3 amide bonds. The largest absolute Gasteiger partial charge is 0.463 e. The number of halogens is 2. The Kier molecular flexibility index (Phi) is 8.04. The molecule has 2 aliphatic heterocycles. The molecular weight excluding hydrogens is 491 g/mol. The zero-order valence-corrected chi connectivity index (χ0v) is 21.3. The van der Waals surface area contributed by atoms with Crippen LogP contribution in [0.25, 0.3) is 0 Å². The second-order valence-electron chi connectivity index (χ2n) is 8.91. The summed E-state index contributed by atoms with van der Waals surface area (Å²) >= 11 is 12.4. The molecule has 1 aliphatic carbocycles. The molecule has 0 bridgehead atoms. The lowest BCUT2D eigenvalue weighted by atomic mass is 9.94. The van der Waals surface area contributed by atoms with Gasteiger partial charge in [-0.3, -0.25) is 14.6 Å². The van der Waals surface area contributed by atoms with Crippen LogP contribution in [0, 0.1) is 5.92 Å². The maximum Gasteiger partial charge on any atom is 0.338 e. The van der Waals surface area contributed by atoms with Gasteiger partial charge < -0.3 is 15.0 Å². The SMILES string of the molecule is C=CCN1C(=O)NC(c2ccc(Cl)c(Cl)c2)C(C(=O)OCC)=C1CN1CCN(C(=O)C2CC2)CC1. The van der Waals surface area contributed by atoms with Crippen molar-refractivity contribution in [2.45, 2.75) is 25.8 Å². The molecule has 1 aromatic carbocycles. The molecule has 8 nitrogen and oxygen atoms in total. The Bertz CT molecular complexity index is 1050. The number of ether oxygens (including phenoxy) is 1. The predicted molar refractivity (Wildman–Crippen MR) is 134 cm³/mol. The van der Waals surface area contributed by atoms with E-state index in [4.69, 9.17) is 27.9 Å². The molecule has 1 unspecified atom stereocenters. The lowest BCUT2D eigenvalue weighted by Gasteiger charge is -2.40. The Balaban J connectivity index is 1.67. The first kappa shape index (κ1) is 25.5. The summed E-state index contributed by atoms with van der Waals surface area (Å²) in [6.45, 7) is 8.86. The lowest BCUT2D eigenvalue weighted by molar-refractivity contribution is -0.139. The number of benzene rings is 1. The summed E-state index contributed by atoms with van der Waals surface area (Å²) in [5, 5.41) is 3.63. The number of amides is 3. The molecule has 0 aromatic heterocycles. The Morgan fingerprint density at radius 2 is 1.89 bits per heavy atom. The van der Waals surface area contributed by atoms with Crippen molar-refractivity contribution < 1.29 is 19.1 Å². The standard InChI is InChI=1S/C25H30Cl2N4O4/c1-3-9-31-20(15-29-10-12-30(13-11-29)23(32)16-5-6-16)21(24(33)35-4-2)22(28-25(31)34)17-7-8-18(26)19(27)14-17/h3,7-8,14,16,22H,1,4-6,9-13,15H2,2H3,(H,28,34). The van der Waals surface area contributed by atoms with Crippen LogP contribution < -0.4 is 5.32 Å². The van der Waals surface area contributed by atoms with Crippen molar-refractivity contribution in [3.05, 3.63) is 57.7 Å². The minimum absolute atomic E-state index is 0.191. The van der Waals surface area contributed by atoms with Crippen LogP contribution in [0.15, 0.2) is 42.1 Å². The van der Waals surface area contributed by atoms with Crippen LogP contribution in [0.1, 0.15) is 31.4 Å². The normalized spacial score (nSPS) is 21.1. The number of nitrogens with zero attached hydrogens (tertiary/aromatic N) is 3. The number of hydrogen-bond donors (Lipinski definition) is 1. The zero-order valence-electron chi connectivity index (χ0n) is 19.8. The summed E-state index contributed by atoms with van der Waals surface area (Å²) in [6, 6.07) is 3.94. The molecule has 35 heavy (non-hydrogen) atoms. The molecule has 188 valence electrons. The topological polar surface area (TPSA) is 82.2 Å². The average molecular weight is 521 g/mol. The van der Waals surface area contributed by atoms with Gasteiger partial charge in [0.05, 0.1) is 28.3 Å². The van der Waals surface area contributed by atoms with Crippen molar-refractivity contribution >= 4 is 41.1 Å². The summed E-state index contributed by atoms with van der Waals surface area (Å²) < 4.78 is 5.42. The molecule has 0 spiro atoms. The third-order valence-corrected chi connectivity index (χ3v) is 7.25. The van der Waals surface area contributed by atoms with Gasteiger partial charge in [-0.05, 0) is 37.5 Å². The second kappa shape index (κ2) is 11.0. The van der Waals surface area contributed by atoms with Gasteiger partial charge in [-0.25, -0.2) is 9.59 Å². The van der Waals surface area contributed by atoms with E-state index in [1.807, 2.05) is 4.90 Å². The van der Waals surface area contributed by atoms with E-state index in [0.29, 0.717) is 59.6 Å². The van der Waals surface area contributed by atoms with Crippen molar-refractivity contribution in [1.82, 2.24) is 20.0 Å². The first-order valence-electron chi connectivity index (χ1n) is 11.9. The zero-order chi connectivity index (χ0) is 25.1. The van der Waals surface area contributed by atoms with Gasteiger partial charge in [0.15, 0.2) is 0 Å². The third-order valence-electron chi connectivity index (χ3n) is 6.51. The van der Waals surface area contributed by atoms with Crippen molar-refractivity contribution in [2.75, 3.05) is 45.9 Å². The minimum Gasteiger partial charge on any atom is -0.463 e. The van der Waals surface area contributed by atoms with E-state index in [9.17, 15) is 14.4 Å². The van der Waals surface area contributed by atoms with Crippen LogP contribution in [0.2, 0.25) is 10.0 Å². The molecule has 1 saturated carbocycles. The van der Waals surface area contributed by atoms with Gasteiger partial charge in [0.1, 0.15) is 0 Å². The van der Waals surface area contributed by atoms with Crippen molar-refractivity contribution in [2.24, 2.45) is 5.92 Å². The fourth-order valence-corrected chi connectivity index (χ4v) is 4.82. The van der Waals surface area contributed by atoms with Gasteiger partial charge in [0.2, 0.25) is 5.91 Å². The smallest absolute Gasteiger partial charge is 0.338 e.